The third-order valence-electron chi connectivity index (χ3n) is 4.48. The van der Waals surface area contributed by atoms with E-state index < -0.39 is 0 Å². The monoisotopic (exact) mass is 272 g/mol. The molecule has 1 saturated heterocycles. The fourth-order valence-corrected chi connectivity index (χ4v) is 3.09. The summed E-state index contributed by atoms with van der Waals surface area (Å²) in [4.78, 5) is 2.49. The Morgan fingerprint density at radius 2 is 2.05 bits per heavy atom. The minimum absolute atomic E-state index is 0.623. The molecule has 3 heteroatoms. The zero-order valence-electron chi connectivity index (χ0n) is 12.7. The Morgan fingerprint density at radius 1 is 1.25 bits per heavy atom. The van der Waals surface area contributed by atoms with E-state index in [4.69, 9.17) is 4.42 Å². The van der Waals surface area contributed by atoms with Crippen molar-refractivity contribution in [2.75, 3.05) is 20.1 Å². The van der Waals surface area contributed by atoms with Crippen LogP contribution in [0.5, 0.6) is 0 Å². The maximum atomic E-state index is 6.01. The number of aryl methyl sites for hydroxylation is 2. The van der Waals surface area contributed by atoms with E-state index >= 15 is 0 Å². The standard InChI is InChI=1S/C17H24N2O/c1-12-7-14-9-16(20-17(14)8-13(12)2)11-19-6-4-5-15(10-19)18-3/h7-9,15,18H,4-6,10-11H2,1-3H3. The molecule has 1 aliphatic rings. The lowest BCUT2D eigenvalue weighted by molar-refractivity contribution is 0.177. The summed E-state index contributed by atoms with van der Waals surface area (Å²) in [6.07, 6.45) is 2.55. The number of benzene rings is 1. The Bertz CT molecular complexity index is 563. The van der Waals surface area contributed by atoms with Crippen molar-refractivity contribution < 1.29 is 4.42 Å². The van der Waals surface area contributed by atoms with Gasteiger partial charge in [-0.3, -0.25) is 4.90 Å². The number of rotatable bonds is 3. The summed E-state index contributed by atoms with van der Waals surface area (Å²) in [6, 6.07) is 7.20. The lowest BCUT2D eigenvalue weighted by Crippen LogP contribution is -2.43. The largest absolute Gasteiger partial charge is 0.460 e. The van der Waals surface area contributed by atoms with E-state index in [0.717, 1.165) is 24.4 Å². The molecule has 1 unspecified atom stereocenters. The van der Waals surface area contributed by atoms with Gasteiger partial charge in [-0.2, -0.15) is 0 Å². The fraction of sp³-hybridized carbons (Fsp3) is 0.529. The molecular weight excluding hydrogens is 248 g/mol. The highest BCUT2D eigenvalue weighted by Gasteiger charge is 2.19. The molecule has 0 bridgehead atoms. The van der Waals surface area contributed by atoms with Gasteiger partial charge in [0.25, 0.3) is 0 Å². The summed E-state index contributed by atoms with van der Waals surface area (Å²) in [5, 5.41) is 4.62. The predicted octanol–water partition coefficient (Wildman–Crippen LogP) is 3.23. The Kier molecular flexibility index (Phi) is 3.81. The van der Waals surface area contributed by atoms with Gasteiger partial charge in [0, 0.05) is 18.0 Å². The van der Waals surface area contributed by atoms with E-state index in [2.05, 4.69) is 49.3 Å². The van der Waals surface area contributed by atoms with Gasteiger partial charge in [-0.1, -0.05) is 0 Å². The molecule has 1 aliphatic heterocycles. The Labute approximate surface area is 120 Å². The molecule has 2 heterocycles. The van der Waals surface area contributed by atoms with Crippen LogP contribution in [0.1, 0.15) is 29.7 Å². The predicted molar refractivity (Wildman–Crippen MR) is 83.0 cm³/mol. The van der Waals surface area contributed by atoms with Crippen molar-refractivity contribution in [2.45, 2.75) is 39.3 Å². The maximum absolute atomic E-state index is 6.01. The zero-order chi connectivity index (χ0) is 14.1. The first kappa shape index (κ1) is 13.7. The van der Waals surface area contributed by atoms with Crippen LogP contribution in [0.3, 0.4) is 0 Å². The number of furan rings is 1. The SMILES string of the molecule is CNC1CCCN(Cc2cc3cc(C)c(C)cc3o2)C1. The van der Waals surface area contributed by atoms with Crippen LogP contribution in [-0.2, 0) is 6.54 Å². The molecule has 1 atom stereocenters. The van der Waals surface area contributed by atoms with Crippen molar-refractivity contribution in [1.29, 1.82) is 0 Å². The molecule has 108 valence electrons. The smallest absolute Gasteiger partial charge is 0.134 e. The van der Waals surface area contributed by atoms with Crippen LogP contribution >= 0.6 is 0 Å². The van der Waals surface area contributed by atoms with Gasteiger partial charge < -0.3 is 9.73 Å². The van der Waals surface area contributed by atoms with E-state index in [-0.39, 0.29) is 0 Å². The number of nitrogens with one attached hydrogen (secondary N) is 1. The summed E-state index contributed by atoms with van der Waals surface area (Å²) in [5.41, 5.74) is 3.65. The van der Waals surface area contributed by atoms with Gasteiger partial charge in [-0.25, -0.2) is 0 Å². The number of hydrogen-bond acceptors (Lipinski definition) is 3. The van der Waals surface area contributed by atoms with Crippen molar-refractivity contribution in [2.24, 2.45) is 0 Å². The van der Waals surface area contributed by atoms with Crippen LogP contribution < -0.4 is 5.32 Å². The van der Waals surface area contributed by atoms with Crippen LogP contribution in [-0.4, -0.2) is 31.1 Å². The Hall–Kier alpha value is -1.32. The number of nitrogens with zero attached hydrogens (tertiary/aromatic N) is 1. The second-order valence-electron chi connectivity index (χ2n) is 6.05. The third kappa shape index (κ3) is 2.74. The average Bonchev–Trinajstić information content (AvgIpc) is 2.80. The van der Waals surface area contributed by atoms with Gasteiger partial charge in [0.1, 0.15) is 11.3 Å². The molecule has 1 N–H and O–H groups in total. The molecule has 1 fully saturated rings. The molecule has 3 nitrogen and oxygen atoms in total. The van der Waals surface area contributed by atoms with E-state index in [1.807, 2.05) is 0 Å². The van der Waals surface area contributed by atoms with Crippen LogP contribution in [0.4, 0.5) is 0 Å². The molecule has 0 saturated carbocycles. The van der Waals surface area contributed by atoms with Gasteiger partial charge >= 0.3 is 0 Å². The number of hydrogen-bond donors (Lipinski definition) is 1. The molecule has 2 aromatic rings. The highest BCUT2D eigenvalue weighted by atomic mass is 16.3. The number of likely N-dealkylation sites (tertiary alicyclic amines) is 1. The first-order valence-electron chi connectivity index (χ1n) is 7.55. The Balaban J connectivity index is 1.77. The van der Waals surface area contributed by atoms with Crippen LogP contribution in [0.25, 0.3) is 11.0 Å². The number of fused-ring (bicyclic) bond motifs is 1. The molecule has 3 rings (SSSR count). The summed E-state index contributed by atoms with van der Waals surface area (Å²) in [6.45, 7) is 7.51. The van der Waals surface area contributed by atoms with E-state index in [0.29, 0.717) is 6.04 Å². The summed E-state index contributed by atoms with van der Waals surface area (Å²) >= 11 is 0. The normalized spacial score (nSPS) is 20.6. The highest BCUT2D eigenvalue weighted by molar-refractivity contribution is 5.79. The summed E-state index contributed by atoms with van der Waals surface area (Å²) in [5.74, 6) is 1.08. The average molecular weight is 272 g/mol. The summed E-state index contributed by atoms with van der Waals surface area (Å²) < 4.78 is 6.01. The first-order valence-corrected chi connectivity index (χ1v) is 7.55. The van der Waals surface area contributed by atoms with Gasteiger partial charge in [-0.15, -0.1) is 0 Å². The zero-order valence-corrected chi connectivity index (χ0v) is 12.7. The second kappa shape index (κ2) is 5.58. The molecular formula is C17H24N2O. The van der Waals surface area contributed by atoms with Crippen LogP contribution in [0, 0.1) is 13.8 Å². The van der Waals surface area contributed by atoms with Crippen molar-refractivity contribution in [3.05, 3.63) is 35.1 Å². The van der Waals surface area contributed by atoms with Crippen molar-refractivity contribution >= 4 is 11.0 Å². The first-order chi connectivity index (χ1) is 9.65. The minimum Gasteiger partial charge on any atom is -0.460 e. The topological polar surface area (TPSA) is 28.4 Å². The molecule has 20 heavy (non-hydrogen) atoms. The lowest BCUT2D eigenvalue weighted by atomic mass is 10.1. The van der Waals surface area contributed by atoms with Gasteiger partial charge in [-0.05, 0) is 69.6 Å². The van der Waals surface area contributed by atoms with E-state index in [9.17, 15) is 0 Å². The lowest BCUT2D eigenvalue weighted by Gasteiger charge is -2.31. The number of piperidine rings is 1. The molecule has 0 radical (unpaired) electrons. The van der Waals surface area contributed by atoms with Gasteiger partial charge in [0.2, 0.25) is 0 Å². The second-order valence-corrected chi connectivity index (χ2v) is 6.05. The third-order valence-corrected chi connectivity index (χ3v) is 4.48. The van der Waals surface area contributed by atoms with Gasteiger partial charge in [0.05, 0.1) is 6.54 Å². The summed E-state index contributed by atoms with van der Waals surface area (Å²) in [7, 11) is 2.06. The van der Waals surface area contributed by atoms with Crippen molar-refractivity contribution in [1.82, 2.24) is 10.2 Å². The van der Waals surface area contributed by atoms with E-state index in [1.54, 1.807) is 0 Å². The number of likely N-dealkylation sites (N-methyl/N-ethyl adjacent to an activating group) is 1. The maximum Gasteiger partial charge on any atom is 0.134 e. The van der Waals surface area contributed by atoms with Crippen molar-refractivity contribution in [3.63, 3.8) is 0 Å². The van der Waals surface area contributed by atoms with Crippen LogP contribution in [0.15, 0.2) is 22.6 Å². The van der Waals surface area contributed by atoms with E-state index in [1.165, 1.54) is 35.9 Å². The van der Waals surface area contributed by atoms with Gasteiger partial charge in [0.15, 0.2) is 0 Å². The molecule has 0 amide bonds. The molecule has 1 aromatic heterocycles. The molecule has 0 spiro atoms. The molecule has 1 aromatic carbocycles. The van der Waals surface area contributed by atoms with Crippen molar-refractivity contribution in [3.8, 4) is 0 Å². The molecule has 0 aliphatic carbocycles. The minimum atomic E-state index is 0.623. The Morgan fingerprint density at radius 3 is 2.85 bits per heavy atom. The van der Waals surface area contributed by atoms with Crippen LogP contribution in [0.2, 0.25) is 0 Å². The quantitative estimate of drug-likeness (QED) is 0.930. The highest BCUT2D eigenvalue weighted by Crippen LogP contribution is 2.24. The fourth-order valence-electron chi connectivity index (χ4n) is 3.09.